The number of nitrogen functional groups attached to an aromatic ring is 1. The minimum atomic E-state index is -4.23. The summed E-state index contributed by atoms with van der Waals surface area (Å²) in [5.41, 5.74) is 5.94. The van der Waals surface area contributed by atoms with Gasteiger partial charge in [0.2, 0.25) is 0 Å². The van der Waals surface area contributed by atoms with E-state index in [2.05, 4.69) is 5.32 Å². The summed E-state index contributed by atoms with van der Waals surface area (Å²) in [6, 6.07) is 2.70. The second-order valence-electron chi connectivity index (χ2n) is 4.05. The highest BCUT2D eigenvalue weighted by atomic mass is 35.5. The van der Waals surface area contributed by atoms with Gasteiger partial charge in [-0.05, 0) is 12.5 Å². The van der Waals surface area contributed by atoms with Crippen LogP contribution in [-0.2, 0) is 0 Å². The molecular formula is C12H15Cl2F3N2O2. The Hall–Kier alpha value is -1.34. The Morgan fingerprint density at radius 1 is 1.43 bits per heavy atom. The molecule has 0 aromatic heterocycles. The largest absolute Gasteiger partial charge is 0.496 e. The van der Waals surface area contributed by atoms with Crippen molar-refractivity contribution in [3.05, 3.63) is 22.7 Å². The summed E-state index contributed by atoms with van der Waals surface area (Å²) in [5, 5.41) is 2.55. The van der Waals surface area contributed by atoms with Crippen molar-refractivity contribution >= 4 is 35.6 Å². The van der Waals surface area contributed by atoms with Gasteiger partial charge in [-0.25, -0.2) is 0 Å². The third-order valence-corrected chi connectivity index (χ3v) is 2.81. The zero-order valence-corrected chi connectivity index (χ0v) is 12.7. The summed E-state index contributed by atoms with van der Waals surface area (Å²) < 4.78 is 40.8. The van der Waals surface area contributed by atoms with Gasteiger partial charge in [-0.2, -0.15) is 13.2 Å². The molecule has 0 saturated heterocycles. The van der Waals surface area contributed by atoms with Crippen LogP contribution in [-0.4, -0.2) is 25.7 Å². The molecule has 120 valence electrons. The average molecular weight is 347 g/mol. The minimum absolute atomic E-state index is 0. The molecule has 0 aliphatic carbocycles. The lowest BCUT2D eigenvalue weighted by molar-refractivity contribution is -0.135. The number of anilines is 1. The van der Waals surface area contributed by atoms with Crippen molar-refractivity contribution < 1.29 is 22.7 Å². The molecular weight excluding hydrogens is 332 g/mol. The number of alkyl halides is 3. The lowest BCUT2D eigenvalue weighted by Gasteiger charge is -2.11. The maximum Gasteiger partial charge on any atom is 0.389 e. The van der Waals surface area contributed by atoms with Crippen LogP contribution in [0.1, 0.15) is 23.2 Å². The van der Waals surface area contributed by atoms with Gasteiger partial charge in [0.15, 0.2) is 0 Å². The number of rotatable bonds is 5. The van der Waals surface area contributed by atoms with E-state index < -0.39 is 18.5 Å². The van der Waals surface area contributed by atoms with Gasteiger partial charge in [0.1, 0.15) is 5.75 Å². The van der Waals surface area contributed by atoms with Crippen molar-refractivity contribution in [2.24, 2.45) is 0 Å². The first-order valence-electron chi connectivity index (χ1n) is 5.72. The number of ether oxygens (including phenoxy) is 1. The number of amides is 1. The molecule has 1 rings (SSSR count). The summed E-state index contributed by atoms with van der Waals surface area (Å²) >= 11 is 5.80. The molecule has 0 spiro atoms. The highest BCUT2D eigenvalue weighted by Gasteiger charge is 2.26. The number of carbonyl (C=O) groups excluding carboxylic acids is 1. The molecule has 0 saturated carbocycles. The van der Waals surface area contributed by atoms with E-state index in [-0.39, 0.29) is 47.4 Å². The Kier molecular flexibility index (Phi) is 7.67. The quantitative estimate of drug-likeness (QED) is 0.634. The summed E-state index contributed by atoms with van der Waals surface area (Å²) in [6.07, 6.45) is -5.37. The first kappa shape index (κ1) is 19.7. The van der Waals surface area contributed by atoms with Crippen LogP contribution in [0.5, 0.6) is 5.75 Å². The van der Waals surface area contributed by atoms with Gasteiger partial charge in [-0.3, -0.25) is 4.79 Å². The third-order valence-electron chi connectivity index (χ3n) is 2.49. The van der Waals surface area contributed by atoms with E-state index in [1.807, 2.05) is 0 Å². The maximum absolute atomic E-state index is 12.0. The molecule has 3 N–H and O–H groups in total. The molecule has 0 bridgehead atoms. The number of methoxy groups -OCH3 is 1. The third kappa shape index (κ3) is 6.31. The normalized spacial score (nSPS) is 10.7. The number of halogens is 5. The van der Waals surface area contributed by atoms with E-state index in [4.69, 9.17) is 22.1 Å². The van der Waals surface area contributed by atoms with Crippen LogP contribution in [0.2, 0.25) is 5.02 Å². The average Bonchev–Trinajstić information content (AvgIpc) is 2.36. The fourth-order valence-corrected chi connectivity index (χ4v) is 1.67. The van der Waals surface area contributed by atoms with Gasteiger partial charge in [0.05, 0.1) is 23.4 Å². The highest BCUT2D eigenvalue weighted by molar-refractivity contribution is 6.33. The molecule has 1 aromatic rings. The van der Waals surface area contributed by atoms with Crippen LogP contribution in [0.25, 0.3) is 0 Å². The van der Waals surface area contributed by atoms with Crippen LogP contribution < -0.4 is 15.8 Å². The van der Waals surface area contributed by atoms with Gasteiger partial charge >= 0.3 is 6.18 Å². The van der Waals surface area contributed by atoms with Crippen LogP contribution in [0.4, 0.5) is 18.9 Å². The molecule has 0 radical (unpaired) electrons. The predicted octanol–water partition coefficient (Wildman–Crippen LogP) is 3.42. The SMILES string of the molecule is COc1cc(N)c(Cl)cc1C(=O)NCCCC(F)(F)F.Cl. The van der Waals surface area contributed by atoms with Crippen molar-refractivity contribution in [1.29, 1.82) is 0 Å². The van der Waals surface area contributed by atoms with E-state index >= 15 is 0 Å². The molecule has 9 heteroatoms. The minimum Gasteiger partial charge on any atom is -0.496 e. The number of carbonyl (C=O) groups is 1. The first-order chi connectivity index (χ1) is 9.24. The van der Waals surface area contributed by atoms with Crippen LogP contribution in [0.15, 0.2) is 12.1 Å². The molecule has 0 fully saturated rings. The number of hydrogen-bond acceptors (Lipinski definition) is 3. The molecule has 0 atom stereocenters. The number of nitrogens with two attached hydrogens (primary N) is 1. The van der Waals surface area contributed by atoms with E-state index in [0.29, 0.717) is 0 Å². The van der Waals surface area contributed by atoms with Crippen molar-refractivity contribution in [3.8, 4) is 5.75 Å². The zero-order chi connectivity index (χ0) is 15.3. The van der Waals surface area contributed by atoms with E-state index in [0.717, 1.165) is 0 Å². The molecule has 21 heavy (non-hydrogen) atoms. The zero-order valence-electron chi connectivity index (χ0n) is 11.1. The molecule has 0 aliphatic heterocycles. The lowest BCUT2D eigenvalue weighted by atomic mass is 10.1. The van der Waals surface area contributed by atoms with Crippen molar-refractivity contribution in [3.63, 3.8) is 0 Å². The Morgan fingerprint density at radius 2 is 2.05 bits per heavy atom. The summed E-state index contributed by atoms with van der Waals surface area (Å²) in [4.78, 5) is 11.8. The molecule has 0 aliphatic rings. The number of benzene rings is 1. The number of nitrogens with one attached hydrogen (secondary N) is 1. The standard InChI is InChI=1S/C12H14ClF3N2O2.ClH/c1-20-10-6-9(17)8(13)5-7(10)11(19)18-4-2-3-12(14,15)16;/h5-6H,2-4,17H2,1H3,(H,18,19);1H. The smallest absolute Gasteiger partial charge is 0.389 e. The molecule has 4 nitrogen and oxygen atoms in total. The van der Waals surface area contributed by atoms with Gasteiger partial charge < -0.3 is 15.8 Å². The first-order valence-corrected chi connectivity index (χ1v) is 6.10. The van der Waals surface area contributed by atoms with Gasteiger partial charge in [-0.1, -0.05) is 11.6 Å². The van der Waals surface area contributed by atoms with Crippen LogP contribution in [0, 0.1) is 0 Å². The Morgan fingerprint density at radius 3 is 2.57 bits per heavy atom. The summed E-state index contributed by atoms with van der Waals surface area (Å²) in [6.45, 7) is -0.0938. The second kappa shape index (κ2) is 8.19. The van der Waals surface area contributed by atoms with Crippen molar-refractivity contribution in [2.45, 2.75) is 19.0 Å². The topological polar surface area (TPSA) is 64.3 Å². The molecule has 1 amide bonds. The fraction of sp³-hybridized carbons (Fsp3) is 0.417. The lowest BCUT2D eigenvalue weighted by Crippen LogP contribution is -2.26. The highest BCUT2D eigenvalue weighted by Crippen LogP contribution is 2.28. The Balaban J connectivity index is 0.00000400. The van der Waals surface area contributed by atoms with E-state index in [9.17, 15) is 18.0 Å². The van der Waals surface area contributed by atoms with E-state index in [1.165, 1.54) is 19.2 Å². The Labute approximate surface area is 131 Å². The predicted molar refractivity (Wildman–Crippen MR) is 77.3 cm³/mol. The van der Waals surface area contributed by atoms with Crippen molar-refractivity contribution in [1.82, 2.24) is 5.32 Å². The molecule has 1 aromatic carbocycles. The molecule has 0 unspecified atom stereocenters. The monoisotopic (exact) mass is 346 g/mol. The Bertz CT molecular complexity index is 496. The van der Waals surface area contributed by atoms with Gasteiger partial charge in [-0.15, -0.1) is 12.4 Å². The summed E-state index contributed by atoms with van der Waals surface area (Å²) in [7, 11) is 1.35. The van der Waals surface area contributed by atoms with Crippen LogP contribution >= 0.6 is 24.0 Å². The molecule has 0 heterocycles. The van der Waals surface area contributed by atoms with Gasteiger partial charge in [0, 0.05) is 19.0 Å². The van der Waals surface area contributed by atoms with E-state index in [1.54, 1.807) is 0 Å². The van der Waals surface area contributed by atoms with Crippen molar-refractivity contribution in [2.75, 3.05) is 19.4 Å². The van der Waals surface area contributed by atoms with Gasteiger partial charge in [0.25, 0.3) is 5.91 Å². The second-order valence-corrected chi connectivity index (χ2v) is 4.46. The number of hydrogen-bond donors (Lipinski definition) is 2. The summed E-state index contributed by atoms with van der Waals surface area (Å²) in [5.74, 6) is -0.355. The fourth-order valence-electron chi connectivity index (χ4n) is 1.50. The maximum atomic E-state index is 12.0. The van der Waals surface area contributed by atoms with Crippen LogP contribution in [0.3, 0.4) is 0 Å².